The summed E-state index contributed by atoms with van der Waals surface area (Å²) in [5.41, 5.74) is 4.09. The molecule has 0 saturated carbocycles. The molecule has 188 valence electrons. The van der Waals surface area contributed by atoms with Gasteiger partial charge in [0.15, 0.2) is 5.17 Å². The van der Waals surface area contributed by atoms with Crippen molar-refractivity contribution in [2.75, 3.05) is 31.1 Å². The highest BCUT2D eigenvalue weighted by Gasteiger charge is 2.28. The van der Waals surface area contributed by atoms with Crippen molar-refractivity contribution in [3.05, 3.63) is 105 Å². The highest BCUT2D eigenvalue weighted by Crippen LogP contribution is 2.33. The molecule has 1 fully saturated rings. The number of carbonyl (C=O) groups is 1. The third kappa shape index (κ3) is 5.83. The van der Waals surface area contributed by atoms with Gasteiger partial charge in [-0.1, -0.05) is 35.9 Å². The minimum absolute atomic E-state index is 0.0398. The maximum Gasteiger partial charge on any atom is 0.286 e. The lowest BCUT2D eigenvalue weighted by Gasteiger charge is -2.36. The molecule has 0 atom stereocenters. The smallest absolute Gasteiger partial charge is 0.286 e. The number of nitro groups is 1. The Balaban J connectivity index is 1.21. The number of anilines is 1. The van der Waals surface area contributed by atoms with Crippen LogP contribution in [0.15, 0.2) is 82.7 Å². The molecule has 2 heterocycles. The summed E-state index contributed by atoms with van der Waals surface area (Å²) >= 11 is 1.40. The van der Waals surface area contributed by atoms with Crippen molar-refractivity contribution in [1.82, 2.24) is 4.90 Å². The number of thioether (sulfide) groups is 1. The molecule has 0 spiro atoms. The molecule has 0 radical (unpaired) electrons. The molecular formula is C28H26N4O4S. The van der Waals surface area contributed by atoms with E-state index < -0.39 is 4.92 Å². The molecule has 1 saturated heterocycles. The van der Waals surface area contributed by atoms with Crippen LogP contribution in [0.5, 0.6) is 5.75 Å². The highest BCUT2D eigenvalue weighted by atomic mass is 32.2. The molecule has 0 unspecified atom stereocenters. The third-order valence-corrected chi connectivity index (χ3v) is 7.35. The fourth-order valence-corrected chi connectivity index (χ4v) is 5.15. The average molecular weight is 515 g/mol. The molecule has 9 heteroatoms. The molecule has 0 aliphatic carbocycles. The zero-order chi connectivity index (χ0) is 25.8. The number of amidine groups is 1. The summed E-state index contributed by atoms with van der Waals surface area (Å²) < 4.78 is 5.99. The van der Waals surface area contributed by atoms with E-state index in [1.807, 2.05) is 30.3 Å². The van der Waals surface area contributed by atoms with Gasteiger partial charge in [-0.25, -0.2) is 0 Å². The molecule has 1 amide bonds. The second-order valence-corrected chi connectivity index (χ2v) is 9.88. The van der Waals surface area contributed by atoms with E-state index in [-0.39, 0.29) is 18.2 Å². The number of amides is 1. The van der Waals surface area contributed by atoms with E-state index in [2.05, 4.69) is 46.0 Å². The lowest BCUT2D eigenvalue weighted by molar-refractivity contribution is -0.384. The van der Waals surface area contributed by atoms with Crippen LogP contribution in [0.25, 0.3) is 6.08 Å². The first-order valence-corrected chi connectivity index (χ1v) is 12.8. The van der Waals surface area contributed by atoms with Gasteiger partial charge in [-0.15, -0.1) is 0 Å². The Hall–Kier alpha value is -4.11. The second kappa shape index (κ2) is 10.9. The number of hydrogen-bond acceptors (Lipinski definition) is 7. The molecule has 3 aromatic rings. The number of rotatable bonds is 6. The molecule has 2 aliphatic heterocycles. The zero-order valence-electron chi connectivity index (χ0n) is 20.4. The predicted octanol–water partition coefficient (Wildman–Crippen LogP) is 5.27. The van der Waals surface area contributed by atoms with Gasteiger partial charge in [0.2, 0.25) is 0 Å². The van der Waals surface area contributed by atoms with E-state index in [1.165, 1.54) is 35.1 Å². The van der Waals surface area contributed by atoms with E-state index in [9.17, 15) is 14.9 Å². The van der Waals surface area contributed by atoms with Gasteiger partial charge in [-0.3, -0.25) is 14.9 Å². The molecule has 8 nitrogen and oxygen atoms in total. The van der Waals surface area contributed by atoms with Crippen LogP contribution < -0.4 is 9.64 Å². The first-order valence-electron chi connectivity index (χ1n) is 12.0. The molecule has 37 heavy (non-hydrogen) atoms. The monoisotopic (exact) mass is 514 g/mol. The summed E-state index contributed by atoms with van der Waals surface area (Å²) in [6.45, 7) is 5.68. The molecular weight excluding hydrogens is 488 g/mol. The molecule has 0 N–H and O–H groups in total. The molecule has 2 aliphatic rings. The Bertz CT molecular complexity index is 1360. The van der Waals surface area contributed by atoms with Crippen LogP contribution in [-0.4, -0.2) is 47.1 Å². The summed E-state index contributed by atoms with van der Waals surface area (Å²) in [5, 5.41) is 11.6. The number of piperazine rings is 1. The summed E-state index contributed by atoms with van der Waals surface area (Å²) in [4.78, 5) is 32.6. The molecule has 0 bridgehead atoms. The Kier molecular flexibility index (Phi) is 7.23. The van der Waals surface area contributed by atoms with E-state index >= 15 is 0 Å². The van der Waals surface area contributed by atoms with Crippen LogP contribution in [0.4, 0.5) is 11.4 Å². The topological polar surface area (TPSA) is 88.3 Å². The average Bonchev–Trinajstić information content (AvgIpc) is 3.29. The van der Waals surface area contributed by atoms with Gasteiger partial charge in [0.05, 0.1) is 9.83 Å². The highest BCUT2D eigenvalue weighted by molar-refractivity contribution is 8.18. The number of benzene rings is 3. The maximum absolute atomic E-state index is 12.7. The van der Waals surface area contributed by atoms with Crippen LogP contribution in [0.1, 0.15) is 16.7 Å². The number of hydrogen-bond donors (Lipinski definition) is 0. The van der Waals surface area contributed by atoms with Crippen molar-refractivity contribution in [3.8, 4) is 5.75 Å². The minimum atomic E-state index is -0.428. The van der Waals surface area contributed by atoms with Gasteiger partial charge >= 0.3 is 0 Å². The van der Waals surface area contributed by atoms with Crippen LogP contribution in [0, 0.1) is 17.0 Å². The predicted molar refractivity (Wildman–Crippen MR) is 147 cm³/mol. The van der Waals surface area contributed by atoms with E-state index in [0.717, 1.165) is 42.5 Å². The van der Waals surface area contributed by atoms with Crippen LogP contribution >= 0.6 is 11.8 Å². The number of aryl methyl sites for hydroxylation is 1. The number of ether oxygens (including phenoxy) is 1. The van der Waals surface area contributed by atoms with E-state index in [0.29, 0.717) is 10.7 Å². The standard InChI is InChI=1S/C28H26N4O4S/c1-20-6-10-23(11-7-20)30-14-16-31(17-15-30)28-29-27(33)26(37-28)18-22-4-2-3-5-25(22)36-19-21-8-12-24(13-9-21)32(34)35/h2-13,18H,14-17,19H2,1H3/b26-18+. The number of nitrogens with zero attached hydrogens (tertiary/aromatic N) is 4. The number of nitro benzene ring substituents is 1. The summed E-state index contributed by atoms with van der Waals surface area (Å²) in [5.74, 6) is 0.382. The van der Waals surface area contributed by atoms with Gasteiger partial charge in [0.25, 0.3) is 11.6 Å². The number of non-ortho nitro benzene ring substituents is 1. The summed E-state index contributed by atoms with van der Waals surface area (Å²) in [6, 6.07) is 22.3. The number of aliphatic imine (C=N–C) groups is 1. The largest absolute Gasteiger partial charge is 0.488 e. The zero-order valence-corrected chi connectivity index (χ0v) is 21.2. The first kappa shape index (κ1) is 24.6. The van der Waals surface area contributed by atoms with Gasteiger partial charge < -0.3 is 14.5 Å². The van der Waals surface area contributed by atoms with Crippen molar-refractivity contribution in [2.24, 2.45) is 4.99 Å². The Morgan fingerprint density at radius 3 is 2.35 bits per heavy atom. The normalized spacial score (nSPS) is 16.7. The SMILES string of the molecule is Cc1ccc(N2CCN(C3=NC(=O)/C(=C\c4ccccc4OCc4ccc([N+](=O)[O-])cc4)S3)CC2)cc1. The van der Waals surface area contributed by atoms with Crippen molar-refractivity contribution in [2.45, 2.75) is 13.5 Å². The third-order valence-electron chi connectivity index (χ3n) is 6.31. The Morgan fingerprint density at radius 1 is 0.973 bits per heavy atom. The fourth-order valence-electron chi connectivity index (χ4n) is 4.19. The lowest BCUT2D eigenvalue weighted by Crippen LogP contribution is -2.47. The Labute approximate surface area is 219 Å². The quantitative estimate of drug-likeness (QED) is 0.251. The van der Waals surface area contributed by atoms with Crippen LogP contribution in [0.2, 0.25) is 0 Å². The minimum Gasteiger partial charge on any atom is -0.488 e. The molecule has 0 aromatic heterocycles. The molecule has 5 rings (SSSR count). The van der Waals surface area contributed by atoms with Crippen molar-refractivity contribution in [1.29, 1.82) is 0 Å². The first-order chi connectivity index (χ1) is 18.0. The van der Waals surface area contributed by atoms with E-state index in [4.69, 9.17) is 4.74 Å². The summed E-state index contributed by atoms with van der Waals surface area (Å²) in [7, 11) is 0. The fraction of sp³-hybridized carbons (Fsp3) is 0.214. The van der Waals surface area contributed by atoms with Crippen LogP contribution in [0.3, 0.4) is 0 Å². The molecule has 3 aromatic carbocycles. The lowest BCUT2D eigenvalue weighted by atomic mass is 10.1. The van der Waals surface area contributed by atoms with Gasteiger partial charge in [0, 0.05) is 49.6 Å². The summed E-state index contributed by atoms with van der Waals surface area (Å²) in [6.07, 6.45) is 1.82. The van der Waals surface area contributed by atoms with Gasteiger partial charge in [-0.2, -0.15) is 4.99 Å². The number of carbonyl (C=O) groups excluding carboxylic acids is 1. The van der Waals surface area contributed by atoms with Gasteiger partial charge in [0.1, 0.15) is 12.4 Å². The van der Waals surface area contributed by atoms with Crippen molar-refractivity contribution < 1.29 is 14.5 Å². The van der Waals surface area contributed by atoms with Crippen molar-refractivity contribution in [3.63, 3.8) is 0 Å². The Morgan fingerprint density at radius 2 is 1.65 bits per heavy atom. The van der Waals surface area contributed by atoms with Gasteiger partial charge in [-0.05, 0) is 60.7 Å². The van der Waals surface area contributed by atoms with Crippen molar-refractivity contribution >= 4 is 40.3 Å². The van der Waals surface area contributed by atoms with E-state index in [1.54, 1.807) is 12.1 Å². The number of para-hydroxylation sites is 1. The maximum atomic E-state index is 12.7. The van der Waals surface area contributed by atoms with Crippen LogP contribution in [-0.2, 0) is 11.4 Å². The second-order valence-electron chi connectivity index (χ2n) is 8.87.